The van der Waals surface area contributed by atoms with Crippen molar-refractivity contribution >= 4 is 12.0 Å². The summed E-state index contributed by atoms with van der Waals surface area (Å²) in [5.41, 5.74) is -0.621. The van der Waals surface area contributed by atoms with Gasteiger partial charge in [-0.3, -0.25) is 9.63 Å². The number of rotatable bonds is 2. The van der Waals surface area contributed by atoms with Crippen molar-refractivity contribution in [2.45, 2.75) is 89.7 Å². The van der Waals surface area contributed by atoms with Crippen molar-refractivity contribution in [2.24, 2.45) is 0 Å². The van der Waals surface area contributed by atoms with Crippen molar-refractivity contribution in [3.8, 4) is 0 Å². The Kier molecular flexibility index (Phi) is 4.05. The maximum atomic E-state index is 12.6. The van der Waals surface area contributed by atoms with Crippen molar-refractivity contribution in [1.82, 2.24) is 10.4 Å². The third-order valence-corrected chi connectivity index (χ3v) is 4.25. The minimum Gasteiger partial charge on any atom is -0.444 e. The van der Waals surface area contributed by atoms with Gasteiger partial charge in [0.15, 0.2) is 5.79 Å². The van der Waals surface area contributed by atoms with Crippen LogP contribution in [0.4, 0.5) is 4.79 Å². The number of alkyl carbamates (subject to hydrolysis) is 1. The highest BCUT2D eigenvalue weighted by Gasteiger charge is 2.62. The predicted octanol–water partition coefficient (Wildman–Crippen LogP) is 1.33. The number of fused-ring (bicyclic) bond motifs is 5. The molecule has 3 rings (SSSR count). The van der Waals surface area contributed by atoms with Gasteiger partial charge in [0.1, 0.15) is 30.0 Å². The van der Waals surface area contributed by atoms with Crippen molar-refractivity contribution in [2.75, 3.05) is 0 Å². The Balaban J connectivity index is 1.60. The van der Waals surface area contributed by atoms with E-state index < -0.39 is 23.5 Å². The third-order valence-electron chi connectivity index (χ3n) is 4.25. The maximum Gasteiger partial charge on any atom is 0.408 e. The molecule has 0 aromatic carbocycles. The van der Waals surface area contributed by atoms with E-state index in [1.54, 1.807) is 27.7 Å². The van der Waals surface area contributed by atoms with Gasteiger partial charge < -0.3 is 19.5 Å². The van der Waals surface area contributed by atoms with E-state index in [-0.39, 0.29) is 30.3 Å². The van der Waals surface area contributed by atoms with Gasteiger partial charge in [-0.25, -0.2) is 9.86 Å². The Labute approximate surface area is 141 Å². The molecule has 3 fully saturated rings. The summed E-state index contributed by atoms with van der Waals surface area (Å²) >= 11 is 0. The van der Waals surface area contributed by atoms with Gasteiger partial charge in [0.2, 0.25) is 0 Å². The highest BCUT2D eigenvalue weighted by Crippen LogP contribution is 2.46. The topological polar surface area (TPSA) is 86.3 Å². The summed E-state index contributed by atoms with van der Waals surface area (Å²) in [6.45, 7) is 10.6. The van der Waals surface area contributed by atoms with E-state index in [1.807, 2.05) is 13.8 Å². The largest absolute Gasteiger partial charge is 0.444 e. The standard InChI is InChI=1S/C16H26N2O6/c1-8(17-14(20)23-15(2,3)4)13(19)18-9-7-10(24-18)12-11(9)21-16(5,6)22-12/h8-12H,7H2,1-6H3,(H,17,20). The molecule has 0 radical (unpaired) electrons. The van der Waals surface area contributed by atoms with E-state index in [4.69, 9.17) is 19.0 Å². The summed E-state index contributed by atoms with van der Waals surface area (Å²) in [5.74, 6) is -0.991. The van der Waals surface area contributed by atoms with Gasteiger partial charge in [-0.2, -0.15) is 0 Å². The second-order valence-corrected chi connectivity index (χ2v) is 8.04. The molecule has 5 unspecified atom stereocenters. The Hall–Kier alpha value is -1.38. The minimum atomic E-state index is -0.756. The number of nitrogens with one attached hydrogen (secondary N) is 1. The molecule has 136 valence electrons. The van der Waals surface area contributed by atoms with Crippen molar-refractivity contribution in [3.63, 3.8) is 0 Å². The average Bonchev–Trinajstić information content (AvgIpc) is 3.03. The van der Waals surface area contributed by atoms with E-state index >= 15 is 0 Å². The molecule has 8 nitrogen and oxygen atoms in total. The number of carbonyl (C=O) groups is 2. The highest BCUT2D eigenvalue weighted by atomic mass is 16.8. The first kappa shape index (κ1) is 17.4. The molecule has 2 saturated heterocycles. The highest BCUT2D eigenvalue weighted by molar-refractivity contribution is 5.85. The summed E-state index contributed by atoms with van der Waals surface area (Å²) in [6, 6.07) is -0.954. The lowest BCUT2D eigenvalue weighted by Crippen LogP contribution is -2.55. The predicted molar refractivity (Wildman–Crippen MR) is 82.8 cm³/mol. The van der Waals surface area contributed by atoms with Crippen LogP contribution in [-0.2, 0) is 23.8 Å². The van der Waals surface area contributed by atoms with Crippen molar-refractivity contribution in [1.29, 1.82) is 0 Å². The minimum absolute atomic E-state index is 0.150. The molecule has 5 atom stereocenters. The Bertz CT molecular complexity index is 543. The van der Waals surface area contributed by atoms with Crippen LogP contribution in [0.15, 0.2) is 0 Å². The second kappa shape index (κ2) is 5.57. The molecule has 0 spiro atoms. The Morgan fingerprint density at radius 2 is 1.88 bits per heavy atom. The van der Waals surface area contributed by atoms with E-state index in [1.165, 1.54) is 5.06 Å². The van der Waals surface area contributed by atoms with Gasteiger partial charge in [-0.15, -0.1) is 0 Å². The first-order chi connectivity index (χ1) is 11.0. The number of ether oxygens (including phenoxy) is 3. The van der Waals surface area contributed by atoms with Gasteiger partial charge in [0.05, 0.1) is 6.04 Å². The first-order valence-electron chi connectivity index (χ1n) is 8.32. The summed E-state index contributed by atoms with van der Waals surface area (Å²) in [6.07, 6.45) is -0.498. The molecule has 0 aromatic rings. The third kappa shape index (κ3) is 3.22. The monoisotopic (exact) mass is 342 g/mol. The summed E-state index contributed by atoms with van der Waals surface area (Å²) < 4.78 is 16.9. The fourth-order valence-corrected chi connectivity index (χ4v) is 3.42. The Morgan fingerprint density at radius 3 is 2.50 bits per heavy atom. The number of hydrogen-bond donors (Lipinski definition) is 1. The molecule has 3 aliphatic rings. The van der Waals surface area contributed by atoms with Gasteiger partial charge in [-0.1, -0.05) is 0 Å². The van der Waals surface area contributed by atoms with Gasteiger partial charge in [0.25, 0.3) is 5.91 Å². The molecule has 1 saturated carbocycles. The molecule has 1 aliphatic carbocycles. The molecule has 8 heteroatoms. The lowest BCUT2D eigenvalue weighted by Gasteiger charge is -2.33. The number of carbonyl (C=O) groups excluding carboxylic acids is 2. The van der Waals surface area contributed by atoms with Crippen LogP contribution in [0.25, 0.3) is 0 Å². The summed E-state index contributed by atoms with van der Waals surface area (Å²) in [4.78, 5) is 30.2. The molecular weight excluding hydrogens is 316 g/mol. The summed E-state index contributed by atoms with van der Waals surface area (Å²) in [7, 11) is 0. The van der Waals surface area contributed by atoms with E-state index in [9.17, 15) is 9.59 Å². The van der Waals surface area contributed by atoms with Crippen molar-refractivity contribution in [3.05, 3.63) is 0 Å². The lowest BCUT2D eigenvalue weighted by molar-refractivity contribution is -0.224. The fourth-order valence-electron chi connectivity index (χ4n) is 3.42. The van der Waals surface area contributed by atoms with Crippen LogP contribution in [0.1, 0.15) is 48.0 Å². The SMILES string of the molecule is CC(NC(=O)OC(C)(C)C)C(=O)N1OC2CC1C1OC(C)(C)OC21. The molecule has 2 amide bonds. The normalized spacial score (nSPS) is 34.8. The van der Waals surface area contributed by atoms with Crippen molar-refractivity contribution < 1.29 is 28.6 Å². The Morgan fingerprint density at radius 1 is 1.25 bits per heavy atom. The van der Waals surface area contributed by atoms with Crippen LogP contribution in [-0.4, -0.2) is 58.8 Å². The first-order valence-corrected chi connectivity index (χ1v) is 8.32. The number of nitrogens with zero attached hydrogens (tertiary/aromatic N) is 1. The zero-order valence-electron chi connectivity index (χ0n) is 15.0. The second-order valence-electron chi connectivity index (χ2n) is 8.04. The van der Waals surface area contributed by atoms with E-state index in [2.05, 4.69) is 5.32 Å². The lowest BCUT2D eigenvalue weighted by atomic mass is 10.1. The molecule has 2 bridgehead atoms. The molecule has 2 aliphatic heterocycles. The van der Waals surface area contributed by atoms with Crippen LogP contribution in [0, 0.1) is 0 Å². The van der Waals surface area contributed by atoms with E-state index in [0.29, 0.717) is 6.42 Å². The molecular formula is C16H26N2O6. The number of hydrogen-bond acceptors (Lipinski definition) is 6. The number of amides is 2. The van der Waals surface area contributed by atoms with Crippen LogP contribution in [0.2, 0.25) is 0 Å². The summed E-state index contributed by atoms with van der Waals surface area (Å²) in [5, 5.41) is 3.88. The smallest absolute Gasteiger partial charge is 0.408 e. The quantitative estimate of drug-likeness (QED) is 0.815. The molecule has 24 heavy (non-hydrogen) atoms. The number of hydroxylamine groups is 2. The molecule has 2 heterocycles. The van der Waals surface area contributed by atoms with Crippen LogP contribution in [0.5, 0.6) is 0 Å². The zero-order valence-corrected chi connectivity index (χ0v) is 15.0. The molecule has 1 N–H and O–H groups in total. The fraction of sp³-hybridized carbons (Fsp3) is 0.875. The maximum absolute atomic E-state index is 12.6. The van der Waals surface area contributed by atoms with Gasteiger partial charge >= 0.3 is 6.09 Å². The van der Waals surface area contributed by atoms with Gasteiger partial charge in [0, 0.05) is 6.42 Å². The average molecular weight is 342 g/mol. The molecule has 0 aromatic heterocycles. The van der Waals surface area contributed by atoms with Crippen LogP contribution < -0.4 is 5.32 Å². The van der Waals surface area contributed by atoms with Crippen LogP contribution >= 0.6 is 0 Å². The zero-order chi connectivity index (χ0) is 17.9. The van der Waals surface area contributed by atoms with Crippen LogP contribution in [0.3, 0.4) is 0 Å². The van der Waals surface area contributed by atoms with Gasteiger partial charge in [-0.05, 0) is 41.5 Å². The van der Waals surface area contributed by atoms with E-state index in [0.717, 1.165) is 0 Å².